The molecule has 2 aromatic rings. The molecule has 0 atom stereocenters. The number of carbonyl (C=O) groups excluding carboxylic acids is 1. The molecular formula is C16H16O4. The summed E-state index contributed by atoms with van der Waals surface area (Å²) in [5.74, 6) is 0.164. The molecule has 4 nitrogen and oxygen atoms in total. The Kier molecular flexibility index (Phi) is 4.74. The van der Waals surface area contributed by atoms with Gasteiger partial charge in [-0.1, -0.05) is 30.3 Å². The quantitative estimate of drug-likeness (QED) is 0.791. The fraction of sp³-hybridized carbons (Fsp3) is 0.188. The first-order chi connectivity index (χ1) is 9.70. The van der Waals surface area contributed by atoms with Crippen LogP contribution in [-0.2, 0) is 6.42 Å². The number of hydrogen-bond donors (Lipinski definition) is 2. The molecule has 0 aliphatic rings. The first-order valence-electron chi connectivity index (χ1n) is 6.34. The first kappa shape index (κ1) is 14.1. The van der Waals surface area contributed by atoms with E-state index in [0.717, 1.165) is 5.56 Å². The largest absolute Gasteiger partial charge is 0.507 e. The topological polar surface area (TPSA) is 66.8 Å². The van der Waals surface area contributed by atoms with Crippen molar-refractivity contribution in [2.45, 2.75) is 6.42 Å². The minimum atomic E-state index is -0.151. The average Bonchev–Trinajstić information content (AvgIpc) is 2.46. The molecule has 2 rings (SSSR count). The van der Waals surface area contributed by atoms with E-state index in [-0.39, 0.29) is 36.7 Å². The van der Waals surface area contributed by atoms with Gasteiger partial charge in [0.15, 0.2) is 5.78 Å². The number of Topliss-reactive ketones (excluding diaryl/α,β-unsaturated/α-hetero) is 1. The van der Waals surface area contributed by atoms with Gasteiger partial charge >= 0.3 is 0 Å². The van der Waals surface area contributed by atoms with Crippen LogP contribution in [0.15, 0.2) is 48.5 Å². The SMILES string of the molecule is O=C(Cc1ccccc1)c1ccc(OCCO)cc1O. The van der Waals surface area contributed by atoms with Crippen molar-refractivity contribution in [2.75, 3.05) is 13.2 Å². The molecule has 0 amide bonds. The molecule has 0 unspecified atom stereocenters. The van der Waals surface area contributed by atoms with Crippen molar-refractivity contribution in [3.63, 3.8) is 0 Å². The normalized spacial score (nSPS) is 10.2. The predicted molar refractivity (Wildman–Crippen MR) is 75.2 cm³/mol. The van der Waals surface area contributed by atoms with Crippen LogP contribution in [0.4, 0.5) is 0 Å². The third-order valence-corrected chi connectivity index (χ3v) is 2.84. The van der Waals surface area contributed by atoms with E-state index in [1.165, 1.54) is 12.1 Å². The molecule has 2 N–H and O–H groups in total. The molecule has 0 saturated carbocycles. The number of aliphatic hydroxyl groups is 1. The summed E-state index contributed by atoms with van der Waals surface area (Å²) in [6.07, 6.45) is 0.241. The molecule has 0 saturated heterocycles. The summed E-state index contributed by atoms with van der Waals surface area (Å²) in [7, 11) is 0. The first-order valence-corrected chi connectivity index (χ1v) is 6.34. The van der Waals surface area contributed by atoms with Gasteiger partial charge in [-0.3, -0.25) is 4.79 Å². The van der Waals surface area contributed by atoms with Gasteiger partial charge < -0.3 is 14.9 Å². The lowest BCUT2D eigenvalue weighted by Gasteiger charge is -2.08. The van der Waals surface area contributed by atoms with Gasteiger partial charge in [0, 0.05) is 12.5 Å². The molecule has 0 heterocycles. The molecule has 0 aromatic heterocycles. The van der Waals surface area contributed by atoms with Crippen molar-refractivity contribution in [2.24, 2.45) is 0 Å². The van der Waals surface area contributed by atoms with Crippen LogP contribution in [0, 0.1) is 0 Å². The fourth-order valence-electron chi connectivity index (χ4n) is 1.88. The number of hydrogen-bond acceptors (Lipinski definition) is 4. The third-order valence-electron chi connectivity index (χ3n) is 2.84. The molecule has 4 heteroatoms. The fourth-order valence-corrected chi connectivity index (χ4v) is 1.88. The van der Waals surface area contributed by atoms with Gasteiger partial charge in [0.25, 0.3) is 0 Å². The van der Waals surface area contributed by atoms with Crippen molar-refractivity contribution in [1.29, 1.82) is 0 Å². The minimum Gasteiger partial charge on any atom is -0.507 e. The highest BCUT2D eigenvalue weighted by Crippen LogP contribution is 2.25. The zero-order valence-corrected chi connectivity index (χ0v) is 11.0. The maximum absolute atomic E-state index is 12.1. The molecule has 0 spiro atoms. The lowest BCUT2D eigenvalue weighted by atomic mass is 10.0. The molecule has 0 fully saturated rings. The second-order valence-electron chi connectivity index (χ2n) is 4.34. The number of benzene rings is 2. The van der Waals surface area contributed by atoms with Crippen LogP contribution in [-0.4, -0.2) is 29.2 Å². The lowest BCUT2D eigenvalue weighted by molar-refractivity contribution is 0.0990. The number of ketones is 1. The summed E-state index contributed by atoms with van der Waals surface area (Å²) >= 11 is 0. The van der Waals surface area contributed by atoms with Gasteiger partial charge in [0.1, 0.15) is 18.1 Å². The van der Waals surface area contributed by atoms with Crippen LogP contribution >= 0.6 is 0 Å². The summed E-state index contributed by atoms with van der Waals surface area (Å²) in [6, 6.07) is 13.9. The Morgan fingerprint density at radius 3 is 2.50 bits per heavy atom. The van der Waals surface area contributed by atoms with Crippen LogP contribution in [0.25, 0.3) is 0 Å². The molecule has 20 heavy (non-hydrogen) atoms. The standard InChI is InChI=1S/C16H16O4/c17-8-9-20-13-6-7-14(16(19)11-13)15(18)10-12-4-2-1-3-5-12/h1-7,11,17,19H,8-10H2. The van der Waals surface area contributed by atoms with Gasteiger partial charge in [-0.2, -0.15) is 0 Å². The molecule has 0 radical (unpaired) electrons. The van der Waals surface area contributed by atoms with Crippen molar-refractivity contribution < 1.29 is 19.7 Å². The Bertz CT molecular complexity index is 578. The Morgan fingerprint density at radius 1 is 1.10 bits per heavy atom. The number of aliphatic hydroxyl groups excluding tert-OH is 1. The number of phenolic OH excluding ortho intramolecular Hbond substituents is 1. The van der Waals surface area contributed by atoms with Crippen LogP contribution in [0.2, 0.25) is 0 Å². The number of carbonyl (C=O) groups is 1. The smallest absolute Gasteiger partial charge is 0.170 e. The van der Waals surface area contributed by atoms with E-state index in [0.29, 0.717) is 5.75 Å². The molecule has 0 aliphatic heterocycles. The van der Waals surface area contributed by atoms with Crippen molar-refractivity contribution in [3.05, 3.63) is 59.7 Å². The van der Waals surface area contributed by atoms with E-state index in [1.54, 1.807) is 6.07 Å². The van der Waals surface area contributed by atoms with Crippen molar-refractivity contribution >= 4 is 5.78 Å². The molecule has 2 aromatic carbocycles. The van der Waals surface area contributed by atoms with Gasteiger partial charge in [0.2, 0.25) is 0 Å². The number of aromatic hydroxyl groups is 1. The second-order valence-corrected chi connectivity index (χ2v) is 4.34. The van der Waals surface area contributed by atoms with Gasteiger partial charge in [-0.15, -0.1) is 0 Å². The zero-order chi connectivity index (χ0) is 14.4. The van der Waals surface area contributed by atoms with Crippen molar-refractivity contribution in [1.82, 2.24) is 0 Å². The third kappa shape index (κ3) is 3.59. The van der Waals surface area contributed by atoms with Crippen LogP contribution in [0.5, 0.6) is 11.5 Å². The summed E-state index contributed by atoms with van der Waals surface area (Å²) in [4.78, 5) is 12.1. The Balaban J connectivity index is 2.10. The Labute approximate surface area is 117 Å². The Hall–Kier alpha value is -2.33. The van der Waals surface area contributed by atoms with E-state index < -0.39 is 0 Å². The monoisotopic (exact) mass is 272 g/mol. The minimum absolute atomic E-state index is 0.102. The van der Waals surface area contributed by atoms with E-state index in [1.807, 2.05) is 30.3 Å². The molecule has 104 valence electrons. The molecule has 0 aliphatic carbocycles. The van der Waals surface area contributed by atoms with E-state index in [9.17, 15) is 9.90 Å². The van der Waals surface area contributed by atoms with Crippen molar-refractivity contribution in [3.8, 4) is 11.5 Å². The molecular weight excluding hydrogens is 256 g/mol. The second kappa shape index (κ2) is 6.73. The highest BCUT2D eigenvalue weighted by molar-refractivity contribution is 6.00. The summed E-state index contributed by atoms with van der Waals surface area (Å²) in [5, 5.41) is 18.5. The average molecular weight is 272 g/mol. The number of phenols is 1. The summed E-state index contributed by atoms with van der Waals surface area (Å²) in [6.45, 7) is 0.0478. The van der Waals surface area contributed by atoms with Crippen LogP contribution in [0.1, 0.15) is 15.9 Å². The van der Waals surface area contributed by atoms with Gasteiger partial charge in [0.05, 0.1) is 12.2 Å². The number of rotatable bonds is 6. The van der Waals surface area contributed by atoms with Gasteiger partial charge in [-0.05, 0) is 17.7 Å². The predicted octanol–water partition coefficient (Wildman–Crippen LogP) is 2.19. The van der Waals surface area contributed by atoms with E-state index in [2.05, 4.69) is 0 Å². The van der Waals surface area contributed by atoms with E-state index >= 15 is 0 Å². The highest BCUT2D eigenvalue weighted by Gasteiger charge is 2.12. The maximum Gasteiger partial charge on any atom is 0.170 e. The van der Waals surface area contributed by atoms with Gasteiger partial charge in [-0.25, -0.2) is 0 Å². The highest BCUT2D eigenvalue weighted by atomic mass is 16.5. The summed E-state index contributed by atoms with van der Waals surface area (Å²) in [5.41, 5.74) is 1.17. The summed E-state index contributed by atoms with van der Waals surface area (Å²) < 4.78 is 5.17. The zero-order valence-electron chi connectivity index (χ0n) is 11.0. The van der Waals surface area contributed by atoms with Crippen LogP contribution < -0.4 is 4.74 Å². The molecule has 0 bridgehead atoms. The number of ether oxygens (including phenoxy) is 1. The maximum atomic E-state index is 12.1. The van der Waals surface area contributed by atoms with E-state index in [4.69, 9.17) is 9.84 Å². The van der Waals surface area contributed by atoms with Crippen LogP contribution in [0.3, 0.4) is 0 Å². The lowest BCUT2D eigenvalue weighted by Crippen LogP contribution is -2.05. The Morgan fingerprint density at radius 2 is 1.85 bits per heavy atom.